The number of carboxylic acid groups (broad SMARTS) is 2. The Labute approximate surface area is 88.2 Å². The monoisotopic (exact) mass is 222 g/mol. The Bertz CT molecular complexity index is 171. The zero-order chi connectivity index (χ0) is 12.4. The van der Waals surface area contributed by atoms with Crippen molar-refractivity contribution in [3.63, 3.8) is 0 Å². The molecule has 0 aromatic carbocycles. The molecule has 0 amide bonds. The van der Waals surface area contributed by atoms with Crippen molar-refractivity contribution in [1.82, 2.24) is 0 Å². The molecule has 0 aliphatic rings. The van der Waals surface area contributed by atoms with Crippen molar-refractivity contribution < 1.29 is 30.0 Å². The molecule has 0 fully saturated rings. The third-order valence-corrected chi connectivity index (χ3v) is 1.51. The smallest absolute Gasteiger partial charge is 0.335 e. The minimum absolute atomic E-state index is 1.34. The standard InChI is InChI=1S/C5H12.C4H6O6/c1-3-5-4-2;5-1(3(7)8)2(6)4(9)10/h3-5H2,1-2H3;1-2,5-6H,(H,7,8)(H,9,10). The molecule has 6 heteroatoms. The number of hydrogen-bond acceptors (Lipinski definition) is 4. The molecule has 2 unspecified atom stereocenters. The van der Waals surface area contributed by atoms with E-state index in [2.05, 4.69) is 13.8 Å². The zero-order valence-corrected chi connectivity index (χ0v) is 8.88. The third-order valence-electron chi connectivity index (χ3n) is 1.51. The summed E-state index contributed by atoms with van der Waals surface area (Å²) >= 11 is 0. The molecule has 6 nitrogen and oxygen atoms in total. The lowest BCUT2D eigenvalue weighted by Crippen LogP contribution is -2.39. The first kappa shape index (κ1) is 16.3. The van der Waals surface area contributed by atoms with Gasteiger partial charge in [-0.05, 0) is 0 Å². The summed E-state index contributed by atoms with van der Waals surface area (Å²) in [6.45, 7) is 4.42. The van der Waals surface area contributed by atoms with Gasteiger partial charge in [0.25, 0.3) is 0 Å². The molecule has 2 atom stereocenters. The van der Waals surface area contributed by atoms with Crippen LogP contribution >= 0.6 is 0 Å². The molecule has 0 saturated carbocycles. The molecule has 0 saturated heterocycles. The van der Waals surface area contributed by atoms with Gasteiger partial charge in [0, 0.05) is 0 Å². The van der Waals surface area contributed by atoms with Gasteiger partial charge in [0.05, 0.1) is 0 Å². The number of carboxylic acids is 2. The van der Waals surface area contributed by atoms with Crippen molar-refractivity contribution in [2.75, 3.05) is 0 Å². The van der Waals surface area contributed by atoms with Crippen molar-refractivity contribution in [2.24, 2.45) is 0 Å². The number of hydrogen-bond donors (Lipinski definition) is 4. The molecule has 0 aromatic rings. The van der Waals surface area contributed by atoms with Crippen LogP contribution in [-0.2, 0) is 9.59 Å². The Morgan fingerprint density at radius 3 is 1.27 bits per heavy atom. The summed E-state index contributed by atoms with van der Waals surface area (Å²) in [5.41, 5.74) is 0. The number of aliphatic hydroxyl groups is 2. The highest BCUT2D eigenvalue weighted by atomic mass is 16.4. The Balaban J connectivity index is 0. The summed E-state index contributed by atoms with van der Waals surface area (Å²) < 4.78 is 0. The van der Waals surface area contributed by atoms with Gasteiger partial charge in [-0.3, -0.25) is 0 Å². The van der Waals surface area contributed by atoms with Gasteiger partial charge in [0.2, 0.25) is 0 Å². The predicted molar refractivity (Wildman–Crippen MR) is 52.5 cm³/mol. The van der Waals surface area contributed by atoms with E-state index in [0.29, 0.717) is 0 Å². The Morgan fingerprint density at radius 1 is 0.933 bits per heavy atom. The van der Waals surface area contributed by atoms with Gasteiger partial charge < -0.3 is 20.4 Å². The lowest BCUT2D eigenvalue weighted by Gasteiger charge is -2.07. The summed E-state index contributed by atoms with van der Waals surface area (Å²) in [5, 5.41) is 32.5. The van der Waals surface area contributed by atoms with E-state index in [0.717, 1.165) is 0 Å². The average Bonchev–Trinajstić information content (AvgIpc) is 2.17. The highest BCUT2D eigenvalue weighted by Gasteiger charge is 2.29. The summed E-state index contributed by atoms with van der Waals surface area (Å²) in [5.74, 6) is -3.54. The summed E-state index contributed by atoms with van der Waals surface area (Å²) in [4.78, 5) is 19.5. The molecule has 0 bridgehead atoms. The van der Waals surface area contributed by atoms with Crippen LogP contribution in [0.3, 0.4) is 0 Å². The van der Waals surface area contributed by atoms with Gasteiger partial charge in [0.1, 0.15) is 0 Å². The number of carbonyl (C=O) groups is 2. The van der Waals surface area contributed by atoms with Crippen LogP contribution in [0.2, 0.25) is 0 Å². The van der Waals surface area contributed by atoms with Gasteiger partial charge >= 0.3 is 11.9 Å². The molecule has 0 rings (SSSR count). The van der Waals surface area contributed by atoms with Crippen LogP contribution in [0.15, 0.2) is 0 Å². The molecule has 0 spiro atoms. The first-order valence-electron chi connectivity index (χ1n) is 4.70. The van der Waals surface area contributed by atoms with E-state index in [-0.39, 0.29) is 0 Å². The molecule has 0 aliphatic carbocycles. The average molecular weight is 222 g/mol. The Kier molecular flexibility index (Phi) is 10.2. The van der Waals surface area contributed by atoms with Crippen molar-refractivity contribution >= 4 is 11.9 Å². The van der Waals surface area contributed by atoms with Crippen molar-refractivity contribution in [3.8, 4) is 0 Å². The number of aliphatic hydroxyl groups excluding tert-OH is 2. The molecular weight excluding hydrogens is 204 g/mol. The van der Waals surface area contributed by atoms with E-state index in [1.807, 2.05) is 0 Å². The predicted octanol–water partition coefficient (Wildman–Crippen LogP) is 0.0739. The van der Waals surface area contributed by atoms with E-state index in [9.17, 15) is 9.59 Å². The lowest BCUT2D eigenvalue weighted by atomic mass is 10.2. The van der Waals surface area contributed by atoms with Gasteiger partial charge in [-0.2, -0.15) is 0 Å². The fourth-order valence-corrected chi connectivity index (χ4v) is 0.624. The maximum Gasteiger partial charge on any atom is 0.335 e. The van der Waals surface area contributed by atoms with E-state index >= 15 is 0 Å². The van der Waals surface area contributed by atoms with Crippen LogP contribution < -0.4 is 0 Å². The molecule has 4 N–H and O–H groups in total. The number of rotatable bonds is 5. The first-order chi connectivity index (χ1) is 6.88. The summed E-state index contributed by atoms with van der Waals surface area (Å²) in [7, 11) is 0. The second-order valence-corrected chi connectivity index (χ2v) is 2.92. The molecular formula is C9H18O6. The number of aliphatic carboxylic acids is 2. The minimum atomic E-state index is -2.27. The fourth-order valence-electron chi connectivity index (χ4n) is 0.624. The molecule has 0 heterocycles. The van der Waals surface area contributed by atoms with E-state index in [1.54, 1.807) is 0 Å². The maximum absolute atomic E-state index is 9.77. The zero-order valence-electron chi connectivity index (χ0n) is 8.88. The van der Waals surface area contributed by atoms with E-state index < -0.39 is 24.1 Å². The largest absolute Gasteiger partial charge is 0.479 e. The minimum Gasteiger partial charge on any atom is -0.479 e. The maximum atomic E-state index is 9.77. The first-order valence-corrected chi connectivity index (χ1v) is 4.70. The second kappa shape index (κ2) is 9.42. The molecule has 0 aromatic heterocycles. The van der Waals surface area contributed by atoms with Gasteiger partial charge in [0.15, 0.2) is 12.2 Å². The lowest BCUT2D eigenvalue weighted by molar-refractivity contribution is -0.165. The molecule has 15 heavy (non-hydrogen) atoms. The number of unbranched alkanes of at least 4 members (excludes halogenated alkanes) is 2. The van der Waals surface area contributed by atoms with Crippen LogP contribution in [0.5, 0.6) is 0 Å². The van der Waals surface area contributed by atoms with Crippen LogP contribution in [0.1, 0.15) is 33.1 Å². The normalized spacial score (nSPS) is 13.3. The van der Waals surface area contributed by atoms with Crippen molar-refractivity contribution in [2.45, 2.75) is 45.3 Å². The molecule has 90 valence electrons. The van der Waals surface area contributed by atoms with Gasteiger partial charge in [-0.15, -0.1) is 0 Å². The van der Waals surface area contributed by atoms with E-state index in [1.165, 1.54) is 19.3 Å². The van der Waals surface area contributed by atoms with Crippen LogP contribution in [-0.4, -0.2) is 44.6 Å². The van der Waals surface area contributed by atoms with E-state index in [4.69, 9.17) is 20.4 Å². The SMILES string of the molecule is CCCCC.O=C(O)C(O)C(O)C(=O)O. The highest BCUT2D eigenvalue weighted by molar-refractivity contribution is 5.82. The van der Waals surface area contributed by atoms with Crippen LogP contribution in [0.25, 0.3) is 0 Å². The molecule has 0 radical (unpaired) electrons. The summed E-state index contributed by atoms with van der Waals surface area (Å²) in [6, 6.07) is 0. The van der Waals surface area contributed by atoms with Crippen LogP contribution in [0.4, 0.5) is 0 Å². The Morgan fingerprint density at radius 2 is 1.20 bits per heavy atom. The van der Waals surface area contributed by atoms with Gasteiger partial charge in [-0.1, -0.05) is 33.1 Å². The molecule has 0 aliphatic heterocycles. The topological polar surface area (TPSA) is 115 Å². The van der Waals surface area contributed by atoms with Crippen molar-refractivity contribution in [1.29, 1.82) is 0 Å². The summed E-state index contributed by atoms with van der Waals surface area (Å²) in [6.07, 6.45) is -0.456. The second-order valence-electron chi connectivity index (χ2n) is 2.92. The quantitative estimate of drug-likeness (QED) is 0.523. The highest BCUT2D eigenvalue weighted by Crippen LogP contribution is 1.92. The fraction of sp³-hybridized carbons (Fsp3) is 0.778. The van der Waals surface area contributed by atoms with Crippen LogP contribution in [0, 0.1) is 0 Å². The Hall–Kier alpha value is -1.14. The van der Waals surface area contributed by atoms with Crippen molar-refractivity contribution in [3.05, 3.63) is 0 Å². The third kappa shape index (κ3) is 9.17. The van der Waals surface area contributed by atoms with Gasteiger partial charge in [-0.25, -0.2) is 9.59 Å².